The van der Waals surface area contributed by atoms with E-state index in [1.165, 1.54) is 17.4 Å². The maximum atomic E-state index is 13.1. The molecule has 0 aliphatic rings. The molecular formula is C17H13ClFN3O3S2. The van der Waals surface area contributed by atoms with Crippen LogP contribution in [0.15, 0.2) is 47.8 Å². The molecule has 10 heteroatoms. The molecular weight excluding hydrogens is 413 g/mol. The molecule has 1 aromatic heterocycles. The van der Waals surface area contributed by atoms with Crippen LogP contribution in [0.25, 0.3) is 11.3 Å². The van der Waals surface area contributed by atoms with E-state index in [0.29, 0.717) is 16.5 Å². The number of rotatable bonds is 5. The minimum atomic E-state index is -3.34. The van der Waals surface area contributed by atoms with Crippen molar-refractivity contribution >= 4 is 49.7 Å². The van der Waals surface area contributed by atoms with E-state index >= 15 is 0 Å². The number of anilines is 2. The largest absolute Gasteiger partial charge is 0.298 e. The molecule has 0 bridgehead atoms. The second-order valence-corrected chi connectivity index (χ2v) is 8.58. The van der Waals surface area contributed by atoms with Crippen LogP contribution in [0.3, 0.4) is 0 Å². The first-order valence-electron chi connectivity index (χ1n) is 7.51. The molecule has 3 aromatic rings. The fraction of sp³-hybridized carbons (Fsp3) is 0.0588. The SMILES string of the molecule is CS(=O)(=O)Nc1ccc(-c2csc(NC(=O)c3ccc(F)cc3Cl)n2)cc1. The first-order chi connectivity index (χ1) is 12.7. The zero-order valence-electron chi connectivity index (χ0n) is 13.9. The summed E-state index contributed by atoms with van der Waals surface area (Å²) < 4.78 is 37.9. The third-order valence-electron chi connectivity index (χ3n) is 3.38. The van der Waals surface area contributed by atoms with E-state index in [2.05, 4.69) is 15.0 Å². The lowest BCUT2D eigenvalue weighted by Gasteiger charge is -2.05. The van der Waals surface area contributed by atoms with Gasteiger partial charge in [-0.1, -0.05) is 23.7 Å². The second-order valence-electron chi connectivity index (χ2n) is 5.57. The van der Waals surface area contributed by atoms with Gasteiger partial charge in [-0.2, -0.15) is 0 Å². The van der Waals surface area contributed by atoms with Gasteiger partial charge in [0.1, 0.15) is 5.82 Å². The van der Waals surface area contributed by atoms with Gasteiger partial charge in [-0.15, -0.1) is 11.3 Å². The Kier molecular flexibility index (Phi) is 5.45. The third-order valence-corrected chi connectivity index (χ3v) is 5.06. The van der Waals surface area contributed by atoms with Gasteiger partial charge >= 0.3 is 0 Å². The minimum absolute atomic E-state index is 0.0123. The predicted molar refractivity (Wildman–Crippen MR) is 105 cm³/mol. The topological polar surface area (TPSA) is 88.2 Å². The zero-order valence-corrected chi connectivity index (χ0v) is 16.3. The molecule has 3 rings (SSSR count). The summed E-state index contributed by atoms with van der Waals surface area (Å²) in [6, 6.07) is 10.2. The van der Waals surface area contributed by atoms with Gasteiger partial charge in [-0.3, -0.25) is 14.8 Å². The summed E-state index contributed by atoms with van der Waals surface area (Å²) >= 11 is 7.10. The maximum Gasteiger partial charge on any atom is 0.258 e. The van der Waals surface area contributed by atoms with Crippen molar-refractivity contribution in [2.24, 2.45) is 0 Å². The highest BCUT2D eigenvalue weighted by Crippen LogP contribution is 2.27. The molecule has 0 atom stereocenters. The van der Waals surface area contributed by atoms with Crippen LogP contribution in [0.1, 0.15) is 10.4 Å². The summed E-state index contributed by atoms with van der Waals surface area (Å²) in [5, 5.41) is 4.74. The normalized spacial score (nSPS) is 11.2. The second kappa shape index (κ2) is 7.63. The van der Waals surface area contributed by atoms with Crippen LogP contribution in [-0.4, -0.2) is 25.6 Å². The quantitative estimate of drug-likeness (QED) is 0.640. The number of benzene rings is 2. The Hall–Kier alpha value is -2.49. The van der Waals surface area contributed by atoms with E-state index < -0.39 is 21.7 Å². The number of carbonyl (C=O) groups excluding carboxylic acids is 1. The highest BCUT2D eigenvalue weighted by atomic mass is 35.5. The summed E-state index contributed by atoms with van der Waals surface area (Å²) in [5.41, 5.74) is 1.96. The number of amides is 1. The van der Waals surface area contributed by atoms with Gasteiger partial charge in [0, 0.05) is 16.6 Å². The lowest BCUT2D eigenvalue weighted by atomic mass is 10.1. The van der Waals surface area contributed by atoms with Gasteiger partial charge in [-0.25, -0.2) is 17.8 Å². The van der Waals surface area contributed by atoms with Crippen molar-refractivity contribution in [1.82, 2.24) is 4.98 Å². The van der Waals surface area contributed by atoms with Gasteiger partial charge in [0.2, 0.25) is 10.0 Å². The number of aromatic nitrogens is 1. The number of hydrogen-bond acceptors (Lipinski definition) is 5. The van der Waals surface area contributed by atoms with Crippen molar-refractivity contribution in [1.29, 1.82) is 0 Å². The van der Waals surface area contributed by atoms with E-state index in [0.717, 1.165) is 24.0 Å². The molecule has 0 aliphatic heterocycles. The summed E-state index contributed by atoms with van der Waals surface area (Å²) in [6.07, 6.45) is 1.07. The van der Waals surface area contributed by atoms with Gasteiger partial charge in [0.05, 0.1) is 22.5 Å². The summed E-state index contributed by atoms with van der Waals surface area (Å²) in [4.78, 5) is 16.6. The van der Waals surface area contributed by atoms with Crippen LogP contribution in [0.2, 0.25) is 5.02 Å². The van der Waals surface area contributed by atoms with Crippen LogP contribution < -0.4 is 10.0 Å². The molecule has 6 nitrogen and oxygen atoms in total. The van der Waals surface area contributed by atoms with E-state index in [4.69, 9.17) is 11.6 Å². The third kappa shape index (κ3) is 5.03. The lowest BCUT2D eigenvalue weighted by Crippen LogP contribution is -2.12. The summed E-state index contributed by atoms with van der Waals surface area (Å²) in [6.45, 7) is 0. The smallest absolute Gasteiger partial charge is 0.258 e. The number of halogens is 2. The number of carbonyl (C=O) groups is 1. The Bertz CT molecular complexity index is 1100. The Morgan fingerprint density at radius 1 is 1.19 bits per heavy atom. The molecule has 27 heavy (non-hydrogen) atoms. The van der Waals surface area contributed by atoms with Crippen molar-refractivity contribution < 1.29 is 17.6 Å². The minimum Gasteiger partial charge on any atom is -0.298 e. The zero-order chi connectivity index (χ0) is 19.6. The molecule has 2 aromatic carbocycles. The van der Waals surface area contributed by atoms with Crippen LogP contribution in [-0.2, 0) is 10.0 Å². The van der Waals surface area contributed by atoms with Crippen molar-refractivity contribution in [3.05, 3.63) is 64.2 Å². The Morgan fingerprint density at radius 3 is 2.52 bits per heavy atom. The molecule has 2 N–H and O–H groups in total. The van der Waals surface area contributed by atoms with Crippen LogP contribution in [0.4, 0.5) is 15.2 Å². The van der Waals surface area contributed by atoms with E-state index in [1.54, 1.807) is 29.6 Å². The van der Waals surface area contributed by atoms with Crippen LogP contribution >= 0.6 is 22.9 Å². The van der Waals surface area contributed by atoms with Crippen LogP contribution in [0, 0.1) is 5.82 Å². The van der Waals surface area contributed by atoms with Gasteiger partial charge in [0.25, 0.3) is 5.91 Å². The van der Waals surface area contributed by atoms with Crippen molar-refractivity contribution in [2.45, 2.75) is 0 Å². The molecule has 0 saturated heterocycles. The Balaban J connectivity index is 1.74. The number of hydrogen-bond donors (Lipinski definition) is 2. The monoisotopic (exact) mass is 425 g/mol. The molecule has 140 valence electrons. The number of sulfonamides is 1. The molecule has 1 heterocycles. The van der Waals surface area contributed by atoms with Crippen molar-refractivity contribution in [3.63, 3.8) is 0 Å². The van der Waals surface area contributed by atoms with E-state index in [1.807, 2.05) is 0 Å². The van der Waals surface area contributed by atoms with Crippen LogP contribution in [0.5, 0.6) is 0 Å². The molecule has 0 spiro atoms. The molecule has 0 saturated carbocycles. The predicted octanol–water partition coefficient (Wildman–Crippen LogP) is 4.23. The maximum absolute atomic E-state index is 13.1. The number of nitrogens with zero attached hydrogens (tertiary/aromatic N) is 1. The fourth-order valence-corrected chi connectivity index (χ4v) is 3.76. The van der Waals surface area contributed by atoms with Gasteiger partial charge in [0.15, 0.2) is 5.13 Å². The average molecular weight is 426 g/mol. The highest BCUT2D eigenvalue weighted by Gasteiger charge is 2.14. The first-order valence-corrected chi connectivity index (χ1v) is 10.7. The molecule has 0 aliphatic carbocycles. The standard InChI is InChI=1S/C17H13ClFN3O3S2/c1-27(24,25)22-12-5-2-10(3-6-12)15-9-26-17(20-15)21-16(23)13-7-4-11(19)8-14(13)18/h2-9,22H,1H3,(H,20,21,23). The average Bonchev–Trinajstić information content (AvgIpc) is 3.02. The highest BCUT2D eigenvalue weighted by molar-refractivity contribution is 7.92. The number of thiazole rings is 1. The van der Waals surface area contributed by atoms with Crippen molar-refractivity contribution in [3.8, 4) is 11.3 Å². The summed E-state index contributed by atoms with van der Waals surface area (Å²) in [5.74, 6) is -1.02. The Labute approximate surface area is 164 Å². The van der Waals surface area contributed by atoms with Gasteiger partial charge < -0.3 is 0 Å². The van der Waals surface area contributed by atoms with E-state index in [-0.39, 0.29) is 10.6 Å². The van der Waals surface area contributed by atoms with E-state index in [9.17, 15) is 17.6 Å². The molecule has 1 amide bonds. The van der Waals surface area contributed by atoms with Gasteiger partial charge in [-0.05, 0) is 30.3 Å². The summed E-state index contributed by atoms with van der Waals surface area (Å²) in [7, 11) is -3.34. The lowest BCUT2D eigenvalue weighted by molar-refractivity contribution is 0.102. The molecule has 0 fully saturated rings. The Morgan fingerprint density at radius 2 is 1.89 bits per heavy atom. The number of nitrogens with one attached hydrogen (secondary N) is 2. The fourth-order valence-electron chi connectivity index (χ4n) is 2.22. The molecule has 0 radical (unpaired) electrons. The first kappa shape index (κ1) is 19.3. The van der Waals surface area contributed by atoms with Crippen molar-refractivity contribution in [2.75, 3.05) is 16.3 Å². The molecule has 0 unspecified atom stereocenters.